The zero-order valence-electron chi connectivity index (χ0n) is 12.8. The van der Waals surface area contributed by atoms with E-state index in [1.807, 2.05) is 6.07 Å². The smallest absolute Gasteiger partial charge is 0.263 e. The van der Waals surface area contributed by atoms with Crippen molar-refractivity contribution in [2.75, 3.05) is 18.5 Å². The summed E-state index contributed by atoms with van der Waals surface area (Å²) in [5, 5.41) is 14.1. The van der Waals surface area contributed by atoms with Crippen molar-refractivity contribution in [2.45, 2.75) is 18.9 Å². The van der Waals surface area contributed by atoms with Crippen LogP contribution in [0.5, 0.6) is 5.75 Å². The molecule has 2 aromatic rings. The molecule has 1 aromatic heterocycles. The Kier molecular flexibility index (Phi) is 5.22. The summed E-state index contributed by atoms with van der Waals surface area (Å²) in [6.07, 6.45) is 2.15. The van der Waals surface area contributed by atoms with Crippen LogP contribution in [0.15, 0.2) is 30.3 Å². The van der Waals surface area contributed by atoms with Crippen molar-refractivity contribution in [3.05, 3.63) is 46.9 Å². The molecule has 1 amide bonds. The number of hydrogen-bond donors (Lipinski definition) is 2. The third-order valence-corrected chi connectivity index (χ3v) is 3.92. The van der Waals surface area contributed by atoms with Crippen molar-refractivity contribution in [3.8, 4) is 5.75 Å². The van der Waals surface area contributed by atoms with Crippen molar-refractivity contribution < 1.29 is 13.9 Å². The third-order valence-electron chi connectivity index (χ3n) is 3.62. The fraction of sp³-hybridized carbons (Fsp3) is 0.312. The van der Waals surface area contributed by atoms with E-state index in [0.29, 0.717) is 5.82 Å². The van der Waals surface area contributed by atoms with Gasteiger partial charge in [0.25, 0.3) is 5.91 Å². The summed E-state index contributed by atoms with van der Waals surface area (Å²) in [6.45, 7) is 0.715. The highest BCUT2D eigenvalue weighted by molar-refractivity contribution is 6.32. The number of benzene rings is 1. The molecular weight excluding hydrogens is 335 g/mol. The highest BCUT2D eigenvalue weighted by atomic mass is 35.5. The van der Waals surface area contributed by atoms with Crippen molar-refractivity contribution in [1.82, 2.24) is 15.5 Å². The molecule has 8 heteroatoms. The van der Waals surface area contributed by atoms with Gasteiger partial charge in [-0.25, -0.2) is 4.39 Å². The number of ether oxygens (including phenoxy) is 1. The first-order chi connectivity index (χ1) is 11.6. The Hall–Kier alpha value is -2.25. The molecule has 1 fully saturated rings. The molecule has 1 aliphatic heterocycles. The van der Waals surface area contributed by atoms with E-state index in [-0.39, 0.29) is 23.4 Å². The maximum atomic E-state index is 12.9. The van der Waals surface area contributed by atoms with Crippen LogP contribution >= 0.6 is 11.6 Å². The predicted molar refractivity (Wildman–Crippen MR) is 87.5 cm³/mol. The fourth-order valence-corrected chi connectivity index (χ4v) is 2.67. The van der Waals surface area contributed by atoms with E-state index in [9.17, 15) is 9.18 Å². The Morgan fingerprint density at radius 2 is 2.25 bits per heavy atom. The molecule has 24 heavy (non-hydrogen) atoms. The van der Waals surface area contributed by atoms with Crippen LogP contribution in [0.4, 0.5) is 10.2 Å². The number of amides is 1. The Balaban J connectivity index is 1.52. The number of carbonyl (C=O) groups is 1. The van der Waals surface area contributed by atoms with Gasteiger partial charge in [-0.3, -0.25) is 4.79 Å². The molecule has 1 aromatic carbocycles. The van der Waals surface area contributed by atoms with Gasteiger partial charge in [0.1, 0.15) is 11.6 Å². The van der Waals surface area contributed by atoms with Crippen molar-refractivity contribution in [3.63, 3.8) is 0 Å². The Morgan fingerprint density at radius 1 is 1.38 bits per heavy atom. The SMILES string of the molecule is O=C(COc1ccc(F)cc1Cl)Nc1ccc(C2CCCN2)nn1. The summed E-state index contributed by atoms with van der Waals surface area (Å²) in [5.74, 6) is -0.294. The summed E-state index contributed by atoms with van der Waals surface area (Å²) in [7, 11) is 0. The molecule has 2 heterocycles. The van der Waals surface area contributed by atoms with Gasteiger partial charge in [-0.2, -0.15) is 5.10 Å². The monoisotopic (exact) mass is 350 g/mol. The van der Waals surface area contributed by atoms with Gasteiger partial charge in [0.05, 0.1) is 16.8 Å². The molecule has 0 bridgehead atoms. The molecule has 6 nitrogen and oxygen atoms in total. The van der Waals surface area contributed by atoms with Crippen LogP contribution in [-0.4, -0.2) is 29.3 Å². The van der Waals surface area contributed by atoms with Crippen LogP contribution in [0, 0.1) is 5.82 Å². The molecule has 2 N–H and O–H groups in total. The van der Waals surface area contributed by atoms with Gasteiger partial charge in [0.2, 0.25) is 0 Å². The number of anilines is 1. The minimum atomic E-state index is -0.469. The van der Waals surface area contributed by atoms with Crippen LogP contribution in [0.3, 0.4) is 0 Å². The summed E-state index contributed by atoms with van der Waals surface area (Å²) in [6, 6.07) is 7.46. The molecule has 0 spiro atoms. The van der Waals surface area contributed by atoms with Gasteiger partial charge in [0, 0.05) is 0 Å². The Bertz CT molecular complexity index is 721. The fourth-order valence-electron chi connectivity index (χ4n) is 2.45. The van der Waals surface area contributed by atoms with Crippen molar-refractivity contribution in [1.29, 1.82) is 0 Å². The molecule has 0 saturated carbocycles. The zero-order valence-corrected chi connectivity index (χ0v) is 13.5. The summed E-state index contributed by atoms with van der Waals surface area (Å²) in [4.78, 5) is 11.9. The van der Waals surface area contributed by atoms with Gasteiger partial charge in [-0.05, 0) is 49.7 Å². The number of nitrogens with zero attached hydrogens (tertiary/aromatic N) is 2. The van der Waals surface area contributed by atoms with Crippen molar-refractivity contribution >= 4 is 23.3 Å². The molecule has 1 saturated heterocycles. The lowest BCUT2D eigenvalue weighted by Gasteiger charge is -2.10. The molecule has 1 unspecified atom stereocenters. The van der Waals surface area contributed by atoms with E-state index in [4.69, 9.17) is 16.3 Å². The lowest BCUT2D eigenvalue weighted by molar-refractivity contribution is -0.118. The minimum Gasteiger partial charge on any atom is -0.482 e. The zero-order chi connectivity index (χ0) is 16.9. The predicted octanol–water partition coefficient (Wildman–Crippen LogP) is 2.71. The van der Waals surface area contributed by atoms with Gasteiger partial charge >= 0.3 is 0 Å². The number of nitrogens with one attached hydrogen (secondary N) is 2. The maximum absolute atomic E-state index is 12.9. The molecule has 1 atom stereocenters. The average Bonchev–Trinajstić information content (AvgIpc) is 3.09. The van der Waals surface area contributed by atoms with E-state index in [2.05, 4.69) is 20.8 Å². The normalized spacial score (nSPS) is 16.8. The molecule has 0 aliphatic carbocycles. The summed E-state index contributed by atoms with van der Waals surface area (Å²) in [5.41, 5.74) is 0.861. The lowest BCUT2D eigenvalue weighted by Crippen LogP contribution is -2.21. The van der Waals surface area contributed by atoms with E-state index in [0.717, 1.165) is 31.1 Å². The van der Waals surface area contributed by atoms with Crippen LogP contribution in [0.2, 0.25) is 5.02 Å². The second-order valence-corrected chi connectivity index (χ2v) is 5.81. The first-order valence-corrected chi connectivity index (χ1v) is 7.94. The average molecular weight is 351 g/mol. The van der Waals surface area contributed by atoms with Crippen LogP contribution in [-0.2, 0) is 4.79 Å². The van der Waals surface area contributed by atoms with Crippen LogP contribution < -0.4 is 15.4 Å². The number of carbonyl (C=O) groups excluding carboxylic acids is 1. The highest BCUT2D eigenvalue weighted by Gasteiger charge is 2.18. The summed E-state index contributed by atoms with van der Waals surface area (Å²) >= 11 is 5.83. The Morgan fingerprint density at radius 3 is 2.92 bits per heavy atom. The Labute approximate surface area is 143 Å². The lowest BCUT2D eigenvalue weighted by atomic mass is 10.1. The number of aromatic nitrogens is 2. The topological polar surface area (TPSA) is 76.1 Å². The second-order valence-electron chi connectivity index (χ2n) is 5.40. The summed E-state index contributed by atoms with van der Waals surface area (Å²) < 4.78 is 18.2. The molecule has 1 aliphatic rings. The number of rotatable bonds is 5. The second kappa shape index (κ2) is 7.55. The van der Waals surface area contributed by atoms with Gasteiger partial charge < -0.3 is 15.4 Å². The molecule has 3 rings (SSSR count). The largest absolute Gasteiger partial charge is 0.482 e. The third kappa shape index (κ3) is 4.18. The van der Waals surface area contributed by atoms with E-state index in [1.165, 1.54) is 12.1 Å². The highest BCUT2D eigenvalue weighted by Crippen LogP contribution is 2.25. The van der Waals surface area contributed by atoms with Crippen LogP contribution in [0.25, 0.3) is 0 Å². The van der Waals surface area contributed by atoms with E-state index >= 15 is 0 Å². The van der Waals surface area contributed by atoms with Crippen LogP contribution in [0.1, 0.15) is 24.6 Å². The maximum Gasteiger partial charge on any atom is 0.263 e. The quantitative estimate of drug-likeness (QED) is 0.867. The molecule has 126 valence electrons. The van der Waals surface area contributed by atoms with Gasteiger partial charge in [0.15, 0.2) is 12.4 Å². The van der Waals surface area contributed by atoms with E-state index in [1.54, 1.807) is 6.07 Å². The van der Waals surface area contributed by atoms with Gasteiger partial charge in [-0.15, -0.1) is 5.10 Å². The molecule has 0 radical (unpaired) electrons. The van der Waals surface area contributed by atoms with Gasteiger partial charge in [-0.1, -0.05) is 11.6 Å². The molecular formula is C16H16ClFN4O2. The van der Waals surface area contributed by atoms with Crippen molar-refractivity contribution in [2.24, 2.45) is 0 Å². The number of halogens is 2. The first-order valence-electron chi connectivity index (χ1n) is 7.56. The minimum absolute atomic E-state index is 0.107. The standard InChI is InChI=1S/C16H16ClFN4O2/c17-11-8-10(18)3-5-14(11)24-9-16(23)20-15-6-4-13(21-22-15)12-2-1-7-19-12/h3-6,8,12,19H,1-2,7,9H2,(H,20,22,23). The van der Waals surface area contributed by atoms with E-state index < -0.39 is 11.7 Å². The number of hydrogen-bond acceptors (Lipinski definition) is 5. The first kappa shape index (κ1) is 16.6.